The molecule has 5 nitrogen and oxygen atoms in total. The van der Waals surface area contributed by atoms with Crippen molar-refractivity contribution in [3.63, 3.8) is 0 Å². The molecule has 3 rings (SSSR count). The molecule has 2 heterocycles. The summed E-state index contributed by atoms with van der Waals surface area (Å²) in [5.41, 5.74) is 2.72. The Morgan fingerprint density at radius 2 is 1.86 bits per heavy atom. The molecule has 0 aromatic carbocycles. The minimum absolute atomic E-state index is 0.224. The van der Waals surface area contributed by atoms with Crippen LogP contribution >= 0.6 is 0 Å². The van der Waals surface area contributed by atoms with Crippen molar-refractivity contribution in [3.05, 3.63) is 29.4 Å². The molecule has 2 aromatic rings. The number of hydrogen-bond acceptors (Lipinski definition) is 5. The molecule has 0 amide bonds. The minimum atomic E-state index is -0.224. The summed E-state index contributed by atoms with van der Waals surface area (Å²) in [5, 5.41) is 4.04. The third kappa shape index (κ3) is 3.01. The number of nitrogens with zero attached hydrogens (tertiary/aromatic N) is 3. The Morgan fingerprint density at radius 1 is 1.10 bits per heavy atom. The number of rotatable bonds is 2. The Hall–Kier alpha value is -2.04. The van der Waals surface area contributed by atoms with Crippen LogP contribution in [0, 0.1) is 13.8 Å². The number of carbonyl (C=O) groups is 1. The lowest BCUT2D eigenvalue weighted by molar-refractivity contribution is -0.120. The van der Waals surface area contributed by atoms with Gasteiger partial charge in [-0.25, -0.2) is 0 Å². The molecule has 1 aliphatic carbocycles. The molecule has 1 fully saturated rings. The standard InChI is InChI=1S/C16H19N3O2/c1-10-8-12(9-11(2)17-10)15-18-16(21-19-15)13-6-4-3-5-7-14(13)20/h8-9,13H,3-7H2,1-2H3. The highest BCUT2D eigenvalue weighted by Gasteiger charge is 2.27. The van der Waals surface area contributed by atoms with Crippen molar-refractivity contribution >= 4 is 5.78 Å². The average molecular weight is 285 g/mol. The maximum atomic E-state index is 12.1. The molecule has 110 valence electrons. The molecule has 21 heavy (non-hydrogen) atoms. The number of pyridine rings is 1. The molecule has 1 saturated carbocycles. The van der Waals surface area contributed by atoms with Crippen LogP contribution in [0.3, 0.4) is 0 Å². The van der Waals surface area contributed by atoms with Crippen LogP contribution in [0.4, 0.5) is 0 Å². The smallest absolute Gasteiger partial charge is 0.237 e. The summed E-state index contributed by atoms with van der Waals surface area (Å²) in [4.78, 5) is 20.9. The normalized spacial score (nSPS) is 19.5. The highest BCUT2D eigenvalue weighted by atomic mass is 16.5. The molecule has 0 aliphatic heterocycles. The fourth-order valence-electron chi connectivity index (χ4n) is 2.88. The highest BCUT2D eigenvalue weighted by Crippen LogP contribution is 2.29. The Balaban J connectivity index is 1.90. The first kappa shape index (κ1) is 13.9. The second-order valence-electron chi connectivity index (χ2n) is 5.71. The second kappa shape index (κ2) is 5.76. The van der Waals surface area contributed by atoms with Crippen molar-refractivity contribution in [2.75, 3.05) is 0 Å². The quantitative estimate of drug-likeness (QED) is 0.791. The van der Waals surface area contributed by atoms with Gasteiger partial charge in [0.2, 0.25) is 11.7 Å². The van der Waals surface area contributed by atoms with E-state index in [0.717, 1.165) is 42.6 Å². The predicted octanol–water partition coefficient (Wildman–Crippen LogP) is 3.37. The van der Waals surface area contributed by atoms with Gasteiger partial charge in [-0.2, -0.15) is 4.98 Å². The van der Waals surface area contributed by atoms with Gasteiger partial charge < -0.3 is 4.52 Å². The average Bonchev–Trinajstić information content (AvgIpc) is 2.81. The van der Waals surface area contributed by atoms with Crippen molar-refractivity contribution in [1.29, 1.82) is 0 Å². The second-order valence-corrected chi connectivity index (χ2v) is 5.71. The Labute approximate surface area is 123 Å². The first-order chi connectivity index (χ1) is 10.1. The first-order valence-electron chi connectivity index (χ1n) is 7.45. The predicted molar refractivity (Wildman–Crippen MR) is 77.8 cm³/mol. The number of hydrogen-bond donors (Lipinski definition) is 0. The largest absolute Gasteiger partial charge is 0.338 e. The van der Waals surface area contributed by atoms with Crippen LogP contribution in [0.2, 0.25) is 0 Å². The summed E-state index contributed by atoms with van der Waals surface area (Å²) >= 11 is 0. The van der Waals surface area contributed by atoms with Gasteiger partial charge in [-0.15, -0.1) is 0 Å². The number of carbonyl (C=O) groups excluding carboxylic acids is 1. The molecule has 5 heteroatoms. The van der Waals surface area contributed by atoms with E-state index in [2.05, 4.69) is 15.1 Å². The Morgan fingerprint density at radius 3 is 2.62 bits per heavy atom. The van der Waals surface area contributed by atoms with Crippen LogP contribution in [0.15, 0.2) is 16.7 Å². The Bertz CT molecular complexity index is 643. The number of Topliss-reactive ketones (excluding diaryl/α,β-unsaturated/α-hetero) is 1. The molecule has 1 aliphatic rings. The molecule has 0 N–H and O–H groups in total. The zero-order valence-electron chi connectivity index (χ0n) is 12.4. The fraction of sp³-hybridized carbons (Fsp3) is 0.500. The fourth-order valence-corrected chi connectivity index (χ4v) is 2.88. The van der Waals surface area contributed by atoms with Crippen molar-refractivity contribution < 1.29 is 9.32 Å². The third-order valence-corrected chi connectivity index (χ3v) is 3.88. The monoisotopic (exact) mass is 285 g/mol. The van der Waals surface area contributed by atoms with E-state index in [1.54, 1.807) is 0 Å². The lowest BCUT2D eigenvalue weighted by atomic mass is 9.99. The molecule has 0 bridgehead atoms. The van der Waals surface area contributed by atoms with Gasteiger partial charge in [0.05, 0.1) is 5.92 Å². The molecule has 1 unspecified atom stereocenters. The first-order valence-corrected chi connectivity index (χ1v) is 7.45. The van der Waals surface area contributed by atoms with Crippen molar-refractivity contribution in [1.82, 2.24) is 15.1 Å². The van der Waals surface area contributed by atoms with Crippen LogP contribution in [0.1, 0.15) is 55.3 Å². The molecular weight excluding hydrogens is 266 g/mol. The molecule has 0 saturated heterocycles. The van der Waals surface area contributed by atoms with Crippen LogP contribution in [-0.4, -0.2) is 20.9 Å². The number of aromatic nitrogens is 3. The van der Waals surface area contributed by atoms with Gasteiger partial charge in [0.1, 0.15) is 5.78 Å². The van der Waals surface area contributed by atoms with Crippen LogP contribution in [-0.2, 0) is 4.79 Å². The lowest BCUT2D eigenvalue weighted by Gasteiger charge is -2.06. The molecular formula is C16H19N3O2. The van der Waals surface area contributed by atoms with Gasteiger partial charge in [0.15, 0.2) is 0 Å². The van der Waals surface area contributed by atoms with E-state index >= 15 is 0 Å². The summed E-state index contributed by atoms with van der Waals surface area (Å²) in [7, 11) is 0. The van der Waals surface area contributed by atoms with Gasteiger partial charge in [0.25, 0.3) is 0 Å². The van der Waals surface area contributed by atoms with E-state index in [4.69, 9.17) is 4.52 Å². The molecule has 0 spiro atoms. The summed E-state index contributed by atoms with van der Waals surface area (Å²) in [6.07, 6.45) is 4.55. The van der Waals surface area contributed by atoms with E-state index in [9.17, 15) is 4.79 Å². The van der Waals surface area contributed by atoms with Gasteiger partial charge in [-0.3, -0.25) is 9.78 Å². The van der Waals surface area contributed by atoms with Crippen LogP contribution in [0.25, 0.3) is 11.4 Å². The van der Waals surface area contributed by atoms with E-state index in [-0.39, 0.29) is 11.7 Å². The van der Waals surface area contributed by atoms with Crippen LogP contribution < -0.4 is 0 Å². The number of ketones is 1. The van der Waals surface area contributed by atoms with E-state index in [0.29, 0.717) is 18.1 Å². The molecule has 2 aromatic heterocycles. The molecule has 0 radical (unpaired) electrons. The zero-order valence-corrected chi connectivity index (χ0v) is 12.4. The highest BCUT2D eigenvalue weighted by molar-refractivity contribution is 5.85. The maximum Gasteiger partial charge on any atom is 0.237 e. The lowest BCUT2D eigenvalue weighted by Crippen LogP contribution is -2.10. The summed E-state index contributed by atoms with van der Waals surface area (Å²) in [6, 6.07) is 3.85. The topological polar surface area (TPSA) is 68.9 Å². The maximum absolute atomic E-state index is 12.1. The van der Waals surface area contributed by atoms with Gasteiger partial charge >= 0.3 is 0 Å². The molecule has 1 atom stereocenters. The van der Waals surface area contributed by atoms with Crippen molar-refractivity contribution in [2.24, 2.45) is 0 Å². The van der Waals surface area contributed by atoms with E-state index in [1.165, 1.54) is 0 Å². The van der Waals surface area contributed by atoms with Gasteiger partial charge in [-0.1, -0.05) is 18.0 Å². The Kier molecular flexibility index (Phi) is 3.82. The summed E-state index contributed by atoms with van der Waals surface area (Å²) < 4.78 is 5.36. The zero-order chi connectivity index (χ0) is 14.8. The van der Waals surface area contributed by atoms with E-state index in [1.807, 2.05) is 26.0 Å². The van der Waals surface area contributed by atoms with Crippen molar-refractivity contribution in [2.45, 2.75) is 51.9 Å². The van der Waals surface area contributed by atoms with Gasteiger partial charge in [-0.05, 0) is 38.8 Å². The van der Waals surface area contributed by atoms with E-state index < -0.39 is 0 Å². The van der Waals surface area contributed by atoms with Crippen molar-refractivity contribution in [3.8, 4) is 11.4 Å². The summed E-state index contributed by atoms with van der Waals surface area (Å²) in [5.74, 6) is 1.00. The van der Waals surface area contributed by atoms with Gasteiger partial charge in [0, 0.05) is 23.4 Å². The van der Waals surface area contributed by atoms with Crippen LogP contribution in [0.5, 0.6) is 0 Å². The summed E-state index contributed by atoms with van der Waals surface area (Å²) in [6.45, 7) is 3.87. The minimum Gasteiger partial charge on any atom is -0.338 e. The number of aryl methyl sites for hydroxylation is 2. The third-order valence-electron chi connectivity index (χ3n) is 3.88. The SMILES string of the molecule is Cc1cc(-c2noc(C3CCCCCC3=O)n2)cc(C)n1.